The number of hydrogen-bond donors (Lipinski definition) is 1. The van der Waals surface area contributed by atoms with Crippen molar-refractivity contribution in [3.63, 3.8) is 0 Å². The van der Waals surface area contributed by atoms with E-state index in [1.807, 2.05) is 36.1 Å². The fourth-order valence-electron chi connectivity index (χ4n) is 3.80. The zero-order chi connectivity index (χ0) is 20.6. The van der Waals surface area contributed by atoms with Crippen molar-refractivity contribution >= 4 is 17.5 Å². The van der Waals surface area contributed by atoms with Crippen LogP contribution in [-0.2, 0) is 11.2 Å². The van der Waals surface area contributed by atoms with Crippen molar-refractivity contribution in [1.29, 1.82) is 0 Å². The summed E-state index contributed by atoms with van der Waals surface area (Å²) >= 11 is 0. The predicted molar refractivity (Wildman–Crippen MR) is 117 cm³/mol. The third kappa shape index (κ3) is 5.91. The average Bonchev–Trinajstić information content (AvgIpc) is 2.78. The number of hydrogen-bond acceptors (Lipinski definition) is 3. The molecule has 5 heteroatoms. The number of anilines is 1. The summed E-state index contributed by atoms with van der Waals surface area (Å²) < 4.78 is 0. The number of amides is 2. The summed E-state index contributed by atoms with van der Waals surface area (Å²) in [4.78, 5) is 28.8. The maximum atomic E-state index is 12.9. The standard InChI is InChI=1S/C24H31N3O2/c1-3-23(28)25-21-11-7-10-20(18-21)24(29)27-16-13-22(14-17-27)26(2)15-12-19-8-5-4-6-9-19/h4-11,18,22H,3,12-17H2,1-2H3,(H,25,28). The van der Waals surface area contributed by atoms with Crippen LogP contribution >= 0.6 is 0 Å². The molecule has 0 spiro atoms. The van der Waals surface area contributed by atoms with Crippen molar-refractivity contribution < 1.29 is 9.59 Å². The predicted octanol–water partition coefficient (Wildman–Crippen LogP) is 3.81. The van der Waals surface area contributed by atoms with Crippen LogP contribution in [0.2, 0.25) is 0 Å². The van der Waals surface area contributed by atoms with Crippen molar-refractivity contribution in [2.75, 3.05) is 32.0 Å². The van der Waals surface area contributed by atoms with E-state index in [1.54, 1.807) is 6.07 Å². The highest BCUT2D eigenvalue weighted by molar-refractivity contribution is 5.97. The van der Waals surface area contributed by atoms with Crippen LogP contribution in [-0.4, -0.2) is 54.3 Å². The number of carbonyl (C=O) groups excluding carboxylic acids is 2. The van der Waals surface area contributed by atoms with Gasteiger partial charge in [-0.25, -0.2) is 0 Å². The monoisotopic (exact) mass is 393 g/mol. The lowest BCUT2D eigenvalue weighted by Crippen LogP contribution is -2.46. The summed E-state index contributed by atoms with van der Waals surface area (Å²) in [6.45, 7) is 4.38. The van der Waals surface area contributed by atoms with E-state index in [0.29, 0.717) is 23.7 Å². The van der Waals surface area contributed by atoms with Crippen molar-refractivity contribution in [1.82, 2.24) is 9.80 Å². The van der Waals surface area contributed by atoms with Crippen LogP contribution in [0.5, 0.6) is 0 Å². The molecule has 0 atom stereocenters. The van der Waals surface area contributed by atoms with Crippen molar-refractivity contribution in [3.8, 4) is 0 Å². The van der Waals surface area contributed by atoms with E-state index in [9.17, 15) is 9.59 Å². The van der Waals surface area contributed by atoms with Crippen molar-refractivity contribution in [2.45, 2.75) is 38.6 Å². The molecule has 1 aliphatic heterocycles. The highest BCUT2D eigenvalue weighted by Crippen LogP contribution is 2.19. The molecule has 1 aliphatic rings. The fraction of sp³-hybridized carbons (Fsp3) is 0.417. The first-order chi connectivity index (χ1) is 14.1. The van der Waals surface area contributed by atoms with Gasteiger partial charge in [-0.3, -0.25) is 9.59 Å². The molecule has 154 valence electrons. The van der Waals surface area contributed by atoms with Crippen LogP contribution < -0.4 is 5.32 Å². The van der Waals surface area contributed by atoms with Gasteiger partial charge in [-0.05, 0) is 50.1 Å². The zero-order valence-electron chi connectivity index (χ0n) is 17.4. The molecule has 1 N–H and O–H groups in total. The minimum absolute atomic E-state index is 0.0444. The lowest BCUT2D eigenvalue weighted by atomic mass is 10.0. The Kier molecular flexibility index (Phi) is 7.42. The number of carbonyl (C=O) groups is 2. The second kappa shape index (κ2) is 10.2. The van der Waals surface area contributed by atoms with Gasteiger partial charge in [0, 0.05) is 43.3 Å². The number of likely N-dealkylation sites (N-methyl/N-ethyl adjacent to an activating group) is 1. The van der Waals surface area contributed by atoms with E-state index < -0.39 is 0 Å². The Morgan fingerprint density at radius 1 is 1.07 bits per heavy atom. The van der Waals surface area contributed by atoms with E-state index in [4.69, 9.17) is 0 Å². The molecular formula is C24H31N3O2. The molecule has 5 nitrogen and oxygen atoms in total. The van der Waals surface area contributed by atoms with E-state index in [1.165, 1.54) is 5.56 Å². The maximum absolute atomic E-state index is 12.9. The Labute approximate surface area is 173 Å². The molecule has 2 aromatic rings. The van der Waals surface area contributed by atoms with Crippen LogP contribution in [0.4, 0.5) is 5.69 Å². The highest BCUT2D eigenvalue weighted by Gasteiger charge is 2.25. The van der Waals surface area contributed by atoms with Crippen molar-refractivity contribution in [3.05, 3.63) is 65.7 Å². The Balaban J connectivity index is 1.50. The van der Waals surface area contributed by atoms with Gasteiger partial charge >= 0.3 is 0 Å². The number of likely N-dealkylation sites (tertiary alicyclic amines) is 1. The van der Waals surface area contributed by atoms with Gasteiger partial charge in [-0.15, -0.1) is 0 Å². The lowest BCUT2D eigenvalue weighted by molar-refractivity contribution is -0.115. The molecule has 0 aromatic heterocycles. The van der Waals surface area contributed by atoms with E-state index in [-0.39, 0.29) is 11.8 Å². The molecule has 0 saturated carbocycles. The smallest absolute Gasteiger partial charge is 0.253 e. The number of nitrogens with zero attached hydrogens (tertiary/aromatic N) is 2. The molecular weight excluding hydrogens is 362 g/mol. The Morgan fingerprint density at radius 3 is 2.48 bits per heavy atom. The van der Waals surface area contributed by atoms with Crippen LogP contribution in [0.1, 0.15) is 42.1 Å². The number of nitrogens with one attached hydrogen (secondary N) is 1. The Hall–Kier alpha value is -2.66. The van der Waals surface area contributed by atoms with Crippen molar-refractivity contribution in [2.24, 2.45) is 0 Å². The summed E-state index contributed by atoms with van der Waals surface area (Å²) in [6, 6.07) is 18.3. The molecule has 3 rings (SSSR count). The summed E-state index contributed by atoms with van der Waals surface area (Å²) in [5, 5.41) is 2.82. The highest BCUT2D eigenvalue weighted by atomic mass is 16.2. The second-order valence-corrected chi connectivity index (χ2v) is 7.72. The van der Waals surface area contributed by atoms with Crippen LogP contribution in [0.3, 0.4) is 0 Å². The first-order valence-corrected chi connectivity index (χ1v) is 10.5. The number of benzene rings is 2. The molecule has 0 aliphatic carbocycles. The third-order valence-electron chi connectivity index (χ3n) is 5.69. The van der Waals surface area contributed by atoms with Gasteiger partial charge in [-0.1, -0.05) is 43.3 Å². The van der Waals surface area contributed by atoms with Gasteiger partial charge in [-0.2, -0.15) is 0 Å². The molecule has 0 radical (unpaired) electrons. The summed E-state index contributed by atoms with van der Waals surface area (Å²) in [6.07, 6.45) is 3.45. The van der Waals surface area contributed by atoms with Crippen LogP contribution in [0, 0.1) is 0 Å². The average molecular weight is 394 g/mol. The summed E-state index contributed by atoms with van der Waals surface area (Å²) in [7, 11) is 2.19. The minimum atomic E-state index is -0.0473. The summed E-state index contributed by atoms with van der Waals surface area (Å²) in [5.41, 5.74) is 2.68. The van der Waals surface area contributed by atoms with Gasteiger partial charge in [0.05, 0.1) is 0 Å². The summed E-state index contributed by atoms with van der Waals surface area (Å²) in [5.74, 6) is -0.00283. The molecule has 2 amide bonds. The van der Waals surface area contributed by atoms with Gasteiger partial charge in [0.1, 0.15) is 0 Å². The first-order valence-electron chi connectivity index (χ1n) is 10.5. The molecule has 1 heterocycles. The van der Waals surface area contributed by atoms with Crippen LogP contribution in [0.25, 0.3) is 0 Å². The Morgan fingerprint density at radius 2 is 1.79 bits per heavy atom. The van der Waals surface area contributed by atoms with Gasteiger partial charge in [0.25, 0.3) is 5.91 Å². The lowest BCUT2D eigenvalue weighted by Gasteiger charge is -2.37. The van der Waals surface area contributed by atoms with E-state index >= 15 is 0 Å². The number of piperidine rings is 1. The fourth-order valence-corrected chi connectivity index (χ4v) is 3.80. The van der Waals surface area contributed by atoms with E-state index in [2.05, 4.69) is 41.5 Å². The van der Waals surface area contributed by atoms with Gasteiger partial charge in [0.2, 0.25) is 5.91 Å². The molecule has 2 aromatic carbocycles. The minimum Gasteiger partial charge on any atom is -0.339 e. The first kappa shape index (κ1) is 21.1. The van der Waals surface area contributed by atoms with Gasteiger partial charge in [0.15, 0.2) is 0 Å². The molecule has 1 fully saturated rings. The topological polar surface area (TPSA) is 52.7 Å². The Bertz CT molecular complexity index is 814. The molecule has 29 heavy (non-hydrogen) atoms. The zero-order valence-corrected chi connectivity index (χ0v) is 17.4. The van der Waals surface area contributed by atoms with Gasteiger partial charge < -0.3 is 15.1 Å². The number of rotatable bonds is 7. The molecule has 1 saturated heterocycles. The van der Waals surface area contributed by atoms with Crippen LogP contribution in [0.15, 0.2) is 54.6 Å². The quantitative estimate of drug-likeness (QED) is 0.778. The third-order valence-corrected chi connectivity index (χ3v) is 5.69. The van der Waals surface area contributed by atoms with E-state index in [0.717, 1.165) is 38.9 Å². The molecule has 0 bridgehead atoms. The maximum Gasteiger partial charge on any atom is 0.253 e. The SMILES string of the molecule is CCC(=O)Nc1cccc(C(=O)N2CCC(N(C)CCc3ccccc3)CC2)c1. The normalized spacial score (nSPS) is 14.8. The largest absolute Gasteiger partial charge is 0.339 e. The second-order valence-electron chi connectivity index (χ2n) is 7.72. The molecule has 0 unspecified atom stereocenters.